The zero-order valence-electron chi connectivity index (χ0n) is 11.3. The minimum Gasteiger partial charge on any atom is -0.480 e. The Morgan fingerprint density at radius 1 is 1.53 bits per heavy atom. The molecule has 0 aliphatic heterocycles. The molecule has 0 amide bonds. The highest BCUT2D eigenvalue weighted by Gasteiger charge is 2.46. The number of nitrogens with zero attached hydrogens (tertiary/aromatic N) is 1. The van der Waals surface area contributed by atoms with Gasteiger partial charge in [0.1, 0.15) is 5.54 Å². The number of aliphatic carboxylic acids is 1. The molecule has 4 nitrogen and oxygen atoms in total. The standard InChI is InChI=1S/C12H21F3N2O2/c1-3-16-11(10(18)19)5-4-9(8-11)17(2)7-6-12(13,14)15/h9,16H,3-8H2,1-2H3,(H,18,19). The van der Waals surface area contributed by atoms with Crippen molar-refractivity contribution in [2.45, 2.75) is 50.4 Å². The van der Waals surface area contributed by atoms with Gasteiger partial charge in [0.05, 0.1) is 6.42 Å². The third kappa shape index (κ3) is 4.35. The number of halogens is 3. The Kier molecular flexibility index (Phi) is 5.20. The molecule has 0 bridgehead atoms. The minimum atomic E-state index is -4.17. The van der Waals surface area contributed by atoms with Crippen LogP contribution in [0.1, 0.15) is 32.6 Å². The Balaban J connectivity index is 2.56. The van der Waals surface area contributed by atoms with Crippen LogP contribution in [0.4, 0.5) is 13.2 Å². The highest BCUT2D eigenvalue weighted by molar-refractivity contribution is 5.79. The van der Waals surface area contributed by atoms with Crippen molar-refractivity contribution in [1.82, 2.24) is 10.2 Å². The van der Waals surface area contributed by atoms with Gasteiger partial charge in [0.25, 0.3) is 0 Å². The smallest absolute Gasteiger partial charge is 0.390 e. The van der Waals surface area contributed by atoms with Gasteiger partial charge in [-0.3, -0.25) is 4.79 Å². The van der Waals surface area contributed by atoms with Gasteiger partial charge in [0.2, 0.25) is 0 Å². The van der Waals surface area contributed by atoms with Gasteiger partial charge < -0.3 is 15.3 Å². The normalized spacial score (nSPS) is 28.0. The van der Waals surface area contributed by atoms with Crippen LogP contribution < -0.4 is 5.32 Å². The third-order valence-corrected chi connectivity index (χ3v) is 3.78. The SMILES string of the molecule is CCNC1(C(=O)O)CCC(N(C)CCC(F)(F)F)C1. The molecule has 1 rings (SSSR count). The van der Waals surface area contributed by atoms with Crippen molar-refractivity contribution in [3.8, 4) is 0 Å². The van der Waals surface area contributed by atoms with E-state index in [1.165, 1.54) is 0 Å². The number of hydrogen-bond donors (Lipinski definition) is 2. The number of alkyl halides is 3. The number of hydrogen-bond acceptors (Lipinski definition) is 3. The monoisotopic (exact) mass is 282 g/mol. The summed E-state index contributed by atoms with van der Waals surface area (Å²) in [5.74, 6) is -0.916. The molecule has 1 aliphatic carbocycles. The lowest BCUT2D eigenvalue weighted by molar-refractivity contribution is -0.145. The van der Waals surface area contributed by atoms with E-state index < -0.39 is 24.1 Å². The predicted molar refractivity (Wildman–Crippen MR) is 65.0 cm³/mol. The van der Waals surface area contributed by atoms with Crippen molar-refractivity contribution in [2.75, 3.05) is 20.1 Å². The predicted octanol–water partition coefficient (Wildman–Crippen LogP) is 1.86. The van der Waals surface area contributed by atoms with Crippen molar-refractivity contribution in [1.29, 1.82) is 0 Å². The number of carbonyl (C=O) groups is 1. The van der Waals surface area contributed by atoms with Crippen LogP contribution in [0.15, 0.2) is 0 Å². The number of nitrogens with one attached hydrogen (secondary N) is 1. The molecular weight excluding hydrogens is 261 g/mol. The van der Waals surface area contributed by atoms with E-state index in [0.29, 0.717) is 25.8 Å². The van der Waals surface area contributed by atoms with Gasteiger partial charge in [-0.15, -0.1) is 0 Å². The third-order valence-electron chi connectivity index (χ3n) is 3.78. The topological polar surface area (TPSA) is 52.6 Å². The molecule has 0 saturated heterocycles. The van der Waals surface area contributed by atoms with Crippen molar-refractivity contribution >= 4 is 5.97 Å². The second kappa shape index (κ2) is 6.09. The van der Waals surface area contributed by atoms with Crippen LogP contribution in [0.25, 0.3) is 0 Å². The Labute approximate surface area is 111 Å². The fourth-order valence-corrected chi connectivity index (χ4v) is 2.65. The Bertz CT molecular complexity index is 323. The maximum Gasteiger partial charge on any atom is 0.390 e. The first kappa shape index (κ1) is 16.2. The van der Waals surface area contributed by atoms with Crippen LogP contribution in [0.2, 0.25) is 0 Å². The summed E-state index contributed by atoms with van der Waals surface area (Å²) in [6, 6.07) is -0.113. The van der Waals surface area contributed by atoms with Crippen LogP contribution >= 0.6 is 0 Å². The molecule has 0 aromatic rings. The van der Waals surface area contributed by atoms with Gasteiger partial charge >= 0.3 is 12.1 Å². The Morgan fingerprint density at radius 2 is 2.16 bits per heavy atom. The zero-order chi connectivity index (χ0) is 14.7. The number of carboxylic acids is 1. The van der Waals surface area contributed by atoms with E-state index in [1.54, 1.807) is 11.9 Å². The van der Waals surface area contributed by atoms with Crippen molar-refractivity contribution in [3.63, 3.8) is 0 Å². The van der Waals surface area contributed by atoms with Crippen molar-refractivity contribution in [3.05, 3.63) is 0 Å². The summed E-state index contributed by atoms with van der Waals surface area (Å²) in [6.45, 7) is 2.27. The summed E-state index contributed by atoms with van der Waals surface area (Å²) in [6.07, 6.45) is -3.62. The second-order valence-corrected chi connectivity index (χ2v) is 5.16. The van der Waals surface area contributed by atoms with Crippen molar-refractivity contribution < 1.29 is 23.1 Å². The van der Waals surface area contributed by atoms with Gasteiger partial charge in [0, 0.05) is 12.6 Å². The quantitative estimate of drug-likeness (QED) is 0.781. The van der Waals surface area contributed by atoms with Crippen LogP contribution in [0, 0.1) is 0 Å². The highest BCUT2D eigenvalue weighted by atomic mass is 19.4. The van der Waals surface area contributed by atoms with E-state index >= 15 is 0 Å². The minimum absolute atomic E-state index is 0.0873. The molecule has 0 spiro atoms. The van der Waals surface area contributed by atoms with Crippen LogP contribution in [0.5, 0.6) is 0 Å². The summed E-state index contributed by atoms with van der Waals surface area (Å²) in [5, 5.41) is 12.3. The number of carboxylic acid groups (broad SMARTS) is 1. The summed E-state index contributed by atoms with van der Waals surface area (Å²) in [7, 11) is 1.63. The Morgan fingerprint density at radius 3 is 2.63 bits per heavy atom. The van der Waals surface area contributed by atoms with Gasteiger partial charge in [-0.1, -0.05) is 6.92 Å². The van der Waals surface area contributed by atoms with Gasteiger partial charge in [-0.25, -0.2) is 0 Å². The van der Waals surface area contributed by atoms with E-state index in [9.17, 15) is 23.1 Å². The molecule has 1 fully saturated rings. The first-order valence-corrected chi connectivity index (χ1v) is 6.45. The lowest BCUT2D eigenvalue weighted by atomic mass is 9.97. The fraction of sp³-hybridized carbons (Fsp3) is 0.917. The summed E-state index contributed by atoms with van der Waals surface area (Å²) >= 11 is 0. The average molecular weight is 282 g/mol. The van der Waals surface area contributed by atoms with E-state index in [0.717, 1.165) is 0 Å². The molecule has 7 heteroatoms. The maximum absolute atomic E-state index is 12.2. The largest absolute Gasteiger partial charge is 0.480 e. The molecule has 112 valence electrons. The van der Waals surface area contributed by atoms with E-state index in [-0.39, 0.29) is 12.6 Å². The zero-order valence-corrected chi connectivity index (χ0v) is 11.3. The van der Waals surface area contributed by atoms with E-state index in [4.69, 9.17) is 0 Å². The van der Waals surface area contributed by atoms with Crippen LogP contribution in [-0.4, -0.2) is 53.9 Å². The second-order valence-electron chi connectivity index (χ2n) is 5.16. The molecular formula is C12H21F3N2O2. The molecule has 19 heavy (non-hydrogen) atoms. The molecule has 0 aromatic heterocycles. The summed E-state index contributed by atoms with van der Waals surface area (Å²) in [4.78, 5) is 13.0. The molecule has 0 radical (unpaired) electrons. The molecule has 0 heterocycles. The maximum atomic E-state index is 12.2. The average Bonchev–Trinajstić information content (AvgIpc) is 2.71. The van der Waals surface area contributed by atoms with Crippen LogP contribution in [-0.2, 0) is 4.79 Å². The first-order valence-electron chi connectivity index (χ1n) is 6.45. The van der Waals surface area contributed by atoms with E-state index in [1.807, 2.05) is 6.92 Å². The molecule has 1 aliphatic rings. The fourth-order valence-electron chi connectivity index (χ4n) is 2.65. The molecule has 2 atom stereocenters. The first-order chi connectivity index (χ1) is 8.70. The number of likely N-dealkylation sites (N-methyl/N-ethyl adjacent to an activating group) is 1. The van der Waals surface area contributed by atoms with Crippen LogP contribution in [0.3, 0.4) is 0 Å². The van der Waals surface area contributed by atoms with Gasteiger partial charge in [0.15, 0.2) is 0 Å². The summed E-state index contributed by atoms with van der Waals surface area (Å²) in [5.41, 5.74) is -0.980. The number of rotatable bonds is 6. The van der Waals surface area contributed by atoms with Gasteiger partial charge in [-0.2, -0.15) is 13.2 Å². The lowest BCUT2D eigenvalue weighted by Crippen LogP contribution is -2.51. The summed E-state index contributed by atoms with van der Waals surface area (Å²) < 4.78 is 36.5. The molecule has 1 saturated carbocycles. The highest BCUT2D eigenvalue weighted by Crippen LogP contribution is 2.33. The van der Waals surface area contributed by atoms with Crippen molar-refractivity contribution in [2.24, 2.45) is 0 Å². The van der Waals surface area contributed by atoms with E-state index in [2.05, 4.69) is 5.32 Å². The molecule has 2 N–H and O–H groups in total. The van der Waals surface area contributed by atoms with Gasteiger partial charge in [-0.05, 0) is 32.9 Å². The Hall–Kier alpha value is -0.820. The lowest BCUT2D eigenvalue weighted by Gasteiger charge is -2.28. The molecule has 0 aromatic carbocycles. The molecule has 2 unspecified atom stereocenters.